The average Bonchev–Trinajstić information content (AvgIpc) is 3.12. The van der Waals surface area contributed by atoms with Gasteiger partial charge in [-0.3, -0.25) is 4.79 Å². The van der Waals surface area contributed by atoms with E-state index in [0.717, 1.165) is 11.8 Å². The van der Waals surface area contributed by atoms with E-state index in [9.17, 15) is 18.3 Å². The van der Waals surface area contributed by atoms with Gasteiger partial charge in [-0.1, -0.05) is 18.2 Å². The molecule has 2 aromatic carbocycles. The maximum absolute atomic E-state index is 12.1. The van der Waals surface area contributed by atoms with E-state index in [2.05, 4.69) is 5.32 Å². The Hall–Kier alpha value is -2.58. The fourth-order valence-corrected chi connectivity index (χ4v) is 3.48. The molecule has 3 rings (SSSR count). The SMILES string of the molecule is C[C@](O)(CNC(=O)CCc1ccc(S(C)(=O)=O)cc1)c1ccc2c(c1)OCO2. The normalized spacial score (nSPS) is 15.1. The van der Waals surface area contributed by atoms with Gasteiger partial charge >= 0.3 is 0 Å². The van der Waals surface area contributed by atoms with Crippen molar-refractivity contribution >= 4 is 15.7 Å². The average molecular weight is 405 g/mol. The van der Waals surface area contributed by atoms with E-state index in [1.165, 1.54) is 12.1 Å². The Bertz CT molecular complexity index is 967. The molecule has 0 radical (unpaired) electrons. The molecule has 7 nitrogen and oxygen atoms in total. The number of carbonyl (C=O) groups excluding carboxylic acids is 1. The highest BCUT2D eigenvalue weighted by molar-refractivity contribution is 7.90. The Balaban J connectivity index is 1.52. The second kappa shape index (κ2) is 7.81. The summed E-state index contributed by atoms with van der Waals surface area (Å²) in [7, 11) is -3.23. The predicted molar refractivity (Wildman–Crippen MR) is 103 cm³/mol. The first-order valence-corrected chi connectivity index (χ1v) is 10.7. The zero-order chi connectivity index (χ0) is 20.4. The highest BCUT2D eigenvalue weighted by Gasteiger charge is 2.26. The molecule has 0 bridgehead atoms. The third-order valence-corrected chi connectivity index (χ3v) is 5.74. The van der Waals surface area contributed by atoms with E-state index >= 15 is 0 Å². The van der Waals surface area contributed by atoms with Crippen molar-refractivity contribution in [3.63, 3.8) is 0 Å². The Morgan fingerprint density at radius 1 is 1.14 bits per heavy atom. The van der Waals surface area contributed by atoms with Crippen LogP contribution in [0, 0.1) is 0 Å². The third-order valence-electron chi connectivity index (χ3n) is 4.62. The van der Waals surface area contributed by atoms with Gasteiger partial charge in [0.2, 0.25) is 12.7 Å². The number of benzene rings is 2. The topological polar surface area (TPSA) is 102 Å². The van der Waals surface area contributed by atoms with Crippen molar-refractivity contribution in [2.24, 2.45) is 0 Å². The van der Waals surface area contributed by atoms with E-state index in [0.29, 0.717) is 23.5 Å². The standard InChI is InChI=1S/C20H23NO6S/c1-20(23,15-6-9-17-18(11-15)27-13-26-17)12-21-19(22)10-5-14-3-7-16(8-4-14)28(2,24)25/h3-4,6-9,11,23H,5,10,12-13H2,1-2H3,(H,21,22)/t20-/m0/s1. The number of aryl methyl sites for hydroxylation is 1. The number of fused-ring (bicyclic) bond motifs is 1. The molecule has 1 heterocycles. The summed E-state index contributed by atoms with van der Waals surface area (Å²) in [6.07, 6.45) is 1.86. The molecule has 1 aliphatic rings. The summed E-state index contributed by atoms with van der Waals surface area (Å²) in [4.78, 5) is 12.4. The van der Waals surface area contributed by atoms with Gasteiger partial charge in [-0.05, 0) is 48.7 Å². The maximum Gasteiger partial charge on any atom is 0.231 e. The minimum Gasteiger partial charge on any atom is -0.454 e. The number of carbonyl (C=O) groups is 1. The molecule has 2 aromatic rings. The lowest BCUT2D eigenvalue weighted by Gasteiger charge is -2.24. The molecular formula is C20H23NO6S. The Morgan fingerprint density at radius 2 is 1.82 bits per heavy atom. The van der Waals surface area contributed by atoms with Gasteiger partial charge in [-0.2, -0.15) is 0 Å². The fraction of sp³-hybridized carbons (Fsp3) is 0.350. The van der Waals surface area contributed by atoms with Gasteiger partial charge in [-0.15, -0.1) is 0 Å². The molecule has 1 aliphatic heterocycles. The summed E-state index contributed by atoms with van der Waals surface area (Å²) in [5, 5.41) is 13.4. The molecule has 0 fully saturated rings. The first-order chi connectivity index (χ1) is 13.1. The van der Waals surface area contributed by atoms with Crippen LogP contribution in [0.3, 0.4) is 0 Å². The summed E-state index contributed by atoms with van der Waals surface area (Å²) in [5.74, 6) is 1.00. The first-order valence-electron chi connectivity index (χ1n) is 8.83. The molecule has 2 N–H and O–H groups in total. The van der Waals surface area contributed by atoms with Crippen LogP contribution in [0.1, 0.15) is 24.5 Å². The van der Waals surface area contributed by atoms with E-state index < -0.39 is 15.4 Å². The lowest BCUT2D eigenvalue weighted by atomic mass is 9.95. The minimum absolute atomic E-state index is 0.0541. The van der Waals surface area contributed by atoms with Crippen LogP contribution in [0.25, 0.3) is 0 Å². The van der Waals surface area contributed by atoms with Crippen molar-refractivity contribution in [1.82, 2.24) is 5.32 Å². The minimum atomic E-state index is -3.23. The summed E-state index contributed by atoms with van der Waals surface area (Å²) in [6, 6.07) is 11.6. The van der Waals surface area contributed by atoms with Gasteiger partial charge < -0.3 is 19.9 Å². The van der Waals surface area contributed by atoms with Crippen LogP contribution in [0.4, 0.5) is 0 Å². The van der Waals surface area contributed by atoms with Gasteiger partial charge in [-0.25, -0.2) is 8.42 Å². The van der Waals surface area contributed by atoms with Crippen molar-refractivity contribution in [3.05, 3.63) is 53.6 Å². The van der Waals surface area contributed by atoms with E-state index in [1.807, 2.05) is 0 Å². The van der Waals surface area contributed by atoms with E-state index in [-0.39, 0.29) is 30.6 Å². The summed E-state index contributed by atoms with van der Waals surface area (Å²) in [5.41, 5.74) is 0.229. The highest BCUT2D eigenvalue weighted by atomic mass is 32.2. The molecular weight excluding hydrogens is 382 g/mol. The smallest absolute Gasteiger partial charge is 0.231 e. The lowest BCUT2D eigenvalue weighted by Crippen LogP contribution is -2.38. The van der Waals surface area contributed by atoms with Crippen molar-refractivity contribution in [2.45, 2.75) is 30.3 Å². The predicted octanol–water partition coefficient (Wildman–Crippen LogP) is 1.78. The van der Waals surface area contributed by atoms with Crippen molar-refractivity contribution < 1.29 is 27.8 Å². The number of aliphatic hydroxyl groups is 1. The Kier molecular flexibility index (Phi) is 5.62. The van der Waals surface area contributed by atoms with Gasteiger partial charge in [0.05, 0.1) is 11.4 Å². The van der Waals surface area contributed by atoms with Gasteiger partial charge in [0, 0.05) is 12.7 Å². The van der Waals surface area contributed by atoms with Gasteiger partial charge in [0.1, 0.15) is 5.60 Å². The quantitative estimate of drug-likeness (QED) is 0.728. The second-order valence-corrected chi connectivity index (χ2v) is 9.05. The zero-order valence-electron chi connectivity index (χ0n) is 15.8. The summed E-state index contributed by atoms with van der Waals surface area (Å²) >= 11 is 0. The third kappa shape index (κ3) is 4.82. The van der Waals surface area contributed by atoms with Gasteiger partial charge in [0.15, 0.2) is 21.3 Å². The molecule has 1 atom stereocenters. The van der Waals surface area contributed by atoms with Crippen LogP contribution >= 0.6 is 0 Å². The number of hydrogen-bond acceptors (Lipinski definition) is 6. The second-order valence-electron chi connectivity index (χ2n) is 7.03. The van der Waals surface area contributed by atoms with E-state index in [4.69, 9.17) is 9.47 Å². The van der Waals surface area contributed by atoms with Crippen LogP contribution in [0.2, 0.25) is 0 Å². The Morgan fingerprint density at radius 3 is 2.50 bits per heavy atom. The zero-order valence-corrected chi connectivity index (χ0v) is 16.6. The first kappa shape index (κ1) is 20.2. The number of amides is 1. The molecule has 0 aliphatic carbocycles. The molecule has 150 valence electrons. The fourth-order valence-electron chi connectivity index (χ4n) is 2.85. The van der Waals surface area contributed by atoms with E-state index in [1.54, 1.807) is 37.3 Å². The number of nitrogens with one attached hydrogen (secondary N) is 1. The summed E-state index contributed by atoms with van der Waals surface area (Å²) < 4.78 is 33.5. The van der Waals surface area contributed by atoms with Crippen LogP contribution in [0.5, 0.6) is 11.5 Å². The van der Waals surface area contributed by atoms with Crippen molar-refractivity contribution in [1.29, 1.82) is 0 Å². The molecule has 0 unspecified atom stereocenters. The largest absolute Gasteiger partial charge is 0.454 e. The van der Waals surface area contributed by atoms with Gasteiger partial charge in [0.25, 0.3) is 0 Å². The number of ether oxygens (including phenoxy) is 2. The molecule has 0 saturated heterocycles. The molecule has 0 saturated carbocycles. The van der Waals surface area contributed by atoms with Crippen LogP contribution in [0.15, 0.2) is 47.4 Å². The number of rotatable bonds is 7. The number of hydrogen-bond donors (Lipinski definition) is 2. The van der Waals surface area contributed by atoms with Crippen LogP contribution < -0.4 is 14.8 Å². The molecule has 1 amide bonds. The van der Waals surface area contributed by atoms with Crippen molar-refractivity contribution in [3.8, 4) is 11.5 Å². The molecule has 8 heteroatoms. The van der Waals surface area contributed by atoms with Crippen LogP contribution in [-0.2, 0) is 26.7 Å². The number of sulfone groups is 1. The molecule has 28 heavy (non-hydrogen) atoms. The molecule has 0 aromatic heterocycles. The van der Waals surface area contributed by atoms with Crippen LogP contribution in [-0.4, -0.2) is 39.0 Å². The molecule has 0 spiro atoms. The van der Waals surface area contributed by atoms with Crippen molar-refractivity contribution in [2.75, 3.05) is 19.6 Å². The monoisotopic (exact) mass is 405 g/mol. The maximum atomic E-state index is 12.1. The highest BCUT2D eigenvalue weighted by Crippen LogP contribution is 2.35. The summed E-state index contributed by atoms with van der Waals surface area (Å²) in [6.45, 7) is 1.83. The lowest BCUT2D eigenvalue weighted by molar-refractivity contribution is -0.122. The Labute approximate surface area is 164 Å².